The Kier molecular flexibility index (Phi) is 3.75. The lowest BCUT2D eigenvalue weighted by molar-refractivity contribution is 0.381. The van der Waals surface area contributed by atoms with E-state index in [-0.39, 0.29) is 6.54 Å². The predicted octanol–water partition coefficient (Wildman–Crippen LogP) is 4.36. The van der Waals surface area contributed by atoms with E-state index in [9.17, 15) is 22.0 Å². The molecule has 102 valence electrons. The lowest BCUT2D eigenvalue weighted by Gasteiger charge is -2.10. The molecule has 0 aliphatic rings. The summed E-state index contributed by atoms with van der Waals surface area (Å²) in [4.78, 5) is 0.754. The van der Waals surface area contributed by atoms with Gasteiger partial charge in [0.25, 0.3) is 0 Å². The lowest BCUT2D eigenvalue weighted by atomic mass is 10.2. The van der Waals surface area contributed by atoms with Crippen LogP contribution in [0.15, 0.2) is 11.4 Å². The molecule has 0 bridgehead atoms. The van der Waals surface area contributed by atoms with Crippen molar-refractivity contribution in [2.24, 2.45) is 0 Å². The quantitative estimate of drug-likeness (QED) is 0.503. The Morgan fingerprint density at radius 1 is 0.947 bits per heavy atom. The minimum absolute atomic E-state index is 0.0121. The molecule has 2 rings (SSSR count). The van der Waals surface area contributed by atoms with E-state index in [4.69, 9.17) is 0 Å². The number of nitrogens with one attached hydrogen (secondary N) is 1. The highest BCUT2D eigenvalue weighted by molar-refractivity contribution is 7.10. The molecule has 0 aliphatic heterocycles. The summed E-state index contributed by atoms with van der Waals surface area (Å²) in [5, 5.41) is 4.02. The monoisotopic (exact) mass is 293 g/mol. The average molecular weight is 293 g/mol. The Labute approximate surface area is 109 Å². The van der Waals surface area contributed by atoms with Crippen LogP contribution in [0.4, 0.5) is 27.6 Å². The van der Waals surface area contributed by atoms with Gasteiger partial charge in [-0.25, -0.2) is 22.0 Å². The standard InChI is InChI=1S/C12H8F5NS/c1-5-2-3-19-6(5)4-18-12-10(16)8(14)7(13)9(15)11(12)17/h2-3,18H,4H2,1H3. The molecule has 19 heavy (non-hydrogen) atoms. The Bertz CT molecular complexity index is 594. The molecular weight excluding hydrogens is 285 g/mol. The molecule has 0 saturated carbocycles. The van der Waals surface area contributed by atoms with Crippen LogP contribution in [-0.2, 0) is 6.54 Å². The molecule has 0 radical (unpaired) electrons. The van der Waals surface area contributed by atoms with Gasteiger partial charge >= 0.3 is 0 Å². The fourth-order valence-electron chi connectivity index (χ4n) is 1.51. The summed E-state index contributed by atoms with van der Waals surface area (Å²) in [6, 6.07) is 1.79. The molecule has 0 aliphatic carbocycles. The molecule has 0 fully saturated rings. The van der Waals surface area contributed by atoms with Gasteiger partial charge in [-0.2, -0.15) is 0 Å². The number of hydrogen-bond donors (Lipinski definition) is 1. The number of hydrogen-bond acceptors (Lipinski definition) is 2. The SMILES string of the molecule is Cc1ccsc1CNc1c(F)c(F)c(F)c(F)c1F. The van der Waals surface area contributed by atoms with Gasteiger partial charge in [0.2, 0.25) is 5.82 Å². The van der Waals surface area contributed by atoms with Gasteiger partial charge in [-0.15, -0.1) is 11.3 Å². The number of aryl methyl sites for hydroxylation is 1. The maximum Gasteiger partial charge on any atom is 0.200 e. The Morgan fingerprint density at radius 3 is 1.95 bits per heavy atom. The fourth-order valence-corrected chi connectivity index (χ4v) is 2.36. The molecule has 0 atom stereocenters. The third-order valence-electron chi connectivity index (χ3n) is 2.60. The molecule has 1 heterocycles. The van der Waals surface area contributed by atoms with E-state index >= 15 is 0 Å². The fraction of sp³-hybridized carbons (Fsp3) is 0.167. The van der Waals surface area contributed by atoms with E-state index in [2.05, 4.69) is 5.32 Å². The van der Waals surface area contributed by atoms with Crippen molar-refractivity contribution in [2.75, 3.05) is 5.32 Å². The van der Waals surface area contributed by atoms with Crippen LogP contribution in [0.25, 0.3) is 0 Å². The van der Waals surface area contributed by atoms with Crippen molar-refractivity contribution >= 4 is 17.0 Å². The molecule has 1 aromatic heterocycles. The van der Waals surface area contributed by atoms with Crippen molar-refractivity contribution in [3.63, 3.8) is 0 Å². The number of rotatable bonds is 3. The predicted molar refractivity (Wildman–Crippen MR) is 62.6 cm³/mol. The smallest absolute Gasteiger partial charge is 0.200 e. The third-order valence-corrected chi connectivity index (χ3v) is 3.63. The second-order valence-electron chi connectivity index (χ2n) is 3.83. The molecule has 7 heteroatoms. The number of halogens is 5. The minimum atomic E-state index is -2.16. The summed E-state index contributed by atoms with van der Waals surface area (Å²) >= 11 is 1.32. The number of benzene rings is 1. The summed E-state index contributed by atoms with van der Waals surface area (Å²) in [5.41, 5.74) is -0.134. The molecule has 1 nitrogen and oxygen atoms in total. The van der Waals surface area contributed by atoms with Crippen LogP contribution >= 0.6 is 11.3 Å². The lowest BCUT2D eigenvalue weighted by Crippen LogP contribution is -2.09. The van der Waals surface area contributed by atoms with E-state index in [1.54, 1.807) is 18.4 Å². The topological polar surface area (TPSA) is 12.0 Å². The Balaban J connectivity index is 2.33. The summed E-state index contributed by atoms with van der Waals surface area (Å²) < 4.78 is 65.4. The minimum Gasteiger partial charge on any atom is -0.375 e. The molecule has 0 unspecified atom stereocenters. The van der Waals surface area contributed by atoms with Crippen LogP contribution in [0.3, 0.4) is 0 Å². The van der Waals surface area contributed by atoms with Crippen molar-refractivity contribution in [1.29, 1.82) is 0 Å². The van der Waals surface area contributed by atoms with Gasteiger partial charge in [0.05, 0.1) is 0 Å². The Hall–Kier alpha value is -1.63. The maximum absolute atomic E-state index is 13.4. The molecule has 2 aromatic rings. The van der Waals surface area contributed by atoms with Gasteiger partial charge in [-0.3, -0.25) is 0 Å². The molecule has 1 N–H and O–H groups in total. The molecule has 1 aromatic carbocycles. The molecule has 0 spiro atoms. The van der Waals surface area contributed by atoms with E-state index in [0.29, 0.717) is 0 Å². The van der Waals surface area contributed by atoms with Crippen LogP contribution in [0.2, 0.25) is 0 Å². The average Bonchev–Trinajstić information content (AvgIpc) is 2.80. The first-order valence-corrected chi connectivity index (χ1v) is 6.09. The largest absolute Gasteiger partial charge is 0.375 e. The van der Waals surface area contributed by atoms with Gasteiger partial charge in [0.1, 0.15) is 5.69 Å². The first-order chi connectivity index (χ1) is 8.93. The van der Waals surface area contributed by atoms with Crippen molar-refractivity contribution < 1.29 is 22.0 Å². The molecule has 0 amide bonds. The van der Waals surface area contributed by atoms with Crippen molar-refractivity contribution in [1.82, 2.24) is 0 Å². The zero-order chi connectivity index (χ0) is 14.2. The van der Waals surface area contributed by atoms with E-state index < -0.39 is 34.8 Å². The van der Waals surface area contributed by atoms with Gasteiger partial charge in [0.15, 0.2) is 23.3 Å². The van der Waals surface area contributed by atoms with Crippen LogP contribution in [-0.4, -0.2) is 0 Å². The summed E-state index contributed by atoms with van der Waals surface area (Å²) in [6.07, 6.45) is 0. The van der Waals surface area contributed by atoms with Gasteiger partial charge in [-0.05, 0) is 23.9 Å². The number of anilines is 1. The molecule has 0 saturated heterocycles. The third kappa shape index (κ3) is 2.42. The highest BCUT2D eigenvalue weighted by Crippen LogP contribution is 2.28. The van der Waals surface area contributed by atoms with Crippen molar-refractivity contribution in [2.45, 2.75) is 13.5 Å². The van der Waals surface area contributed by atoms with Crippen molar-refractivity contribution in [3.8, 4) is 0 Å². The Morgan fingerprint density at radius 2 is 1.47 bits per heavy atom. The highest BCUT2D eigenvalue weighted by Gasteiger charge is 2.25. The number of thiophene rings is 1. The molecular formula is C12H8F5NS. The van der Waals surface area contributed by atoms with Crippen LogP contribution < -0.4 is 5.32 Å². The summed E-state index contributed by atoms with van der Waals surface area (Å²) in [5.74, 6) is -9.78. The summed E-state index contributed by atoms with van der Waals surface area (Å²) in [6.45, 7) is 1.77. The van der Waals surface area contributed by atoms with E-state index in [1.807, 2.05) is 0 Å². The normalized spacial score (nSPS) is 10.8. The van der Waals surface area contributed by atoms with Gasteiger partial charge in [-0.1, -0.05) is 0 Å². The van der Waals surface area contributed by atoms with Crippen LogP contribution in [0.5, 0.6) is 0 Å². The first kappa shape index (κ1) is 13.8. The maximum atomic E-state index is 13.4. The van der Waals surface area contributed by atoms with E-state index in [1.165, 1.54) is 11.3 Å². The van der Waals surface area contributed by atoms with Gasteiger partial charge < -0.3 is 5.32 Å². The zero-order valence-electron chi connectivity index (χ0n) is 9.66. The van der Waals surface area contributed by atoms with Crippen molar-refractivity contribution in [3.05, 3.63) is 51.0 Å². The highest BCUT2D eigenvalue weighted by atomic mass is 32.1. The second kappa shape index (κ2) is 5.16. The van der Waals surface area contributed by atoms with Crippen LogP contribution in [0.1, 0.15) is 10.4 Å². The van der Waals surface area contributed by atoms with Gasteiger partial charge in [0, 0.05) is 11.4 Å². The zero-order valence-corrected chi connectivity index (χ0v) is 10.5. The van der Waals surface area contributed by atoms with Crippen LogP contribution in [0, 0.1) is 36.0 Å². The second-order valence-corrected chi connectivity index (χ2v) is 4.83. The first-order valence-electron chi connectivity index (χ1n) is 5.21. The summed E-state index contributed by atoms with van der Waals surface area (Å²) in [7, 11) is 0. The van der Waals surface area contributed by atoms with E-state index in [0.717, 1.165) is 10.4 Å².